The van der Waals surface area contributed by atoms with Crippen molar-refractivity contribution in [3.05, 3.63) is 71.8 Å². The average Bonchev–Trinajstić information content (AvgIpc) is 2.61. The third-order valence-electron chi connectivity index (χ3n) is 4.65. The van der Waals surface area contributed by atoms with Gasteiger partial charge in [0.25, 0.3) is 0 Å². The van der Waals surface area contributed by atoms with Crippen LogP contribution in [0, 0.1) is 0 Å². The Hall–Kier alpha value is -0.840. The van der Waals surface area contributed by atoms with Crippen LogP contribution >= 0.6 is 0 Å². The van der Waals surface area contributed by atoms with E-state index in [0.29, 0.717) is 22.1 Å². The molecule has 0 aliphatic carbocycles. The molecule has 4 nitrogen and oxygen atoms in total. The molecule has 0 aliphatic heterocycles. The summed E-state index contributed by atoms with van der Waals surface area (Å²) in [6.45, 7) is 2.56. The topological polar surface area (TPSA) is 34.1 Å². The van der Waals surface area contributed by atoms with E-state index in [1.54, 1.807) is 0 Å². The number of likely N-dealkylation sites (N-methyl/N-ethyl adjacent to an activating group) is 2. The Morgan fingerprint density at radius 1 is 0.607 bits per heavy atom. The monoisotopic (exact) mass is 608 g/mol. The fourth-order valence-corrected chi connectivity index (χ4v) is 2.91. The molecule has 0 unspecified atom stereocenters. The Balaban J connectivity index is 0.00000364. The van der Waals surface area contributed by atoms with Crippen molar-refractivity contribution < 1.29 is 66.5 Å². The van der Waals surface area contributed by atoms with Crippen LogP contribution in [0.2, 0.25) is 0 Å². The van der Waals surface area contributed by atoms with Crippen molar-refractivity contribution >= 4 is 11.6 Å². The predicted molar refractivity (Wildman–Crippen MR) is 105 cm³/mol. The van der Waals surface area contributed by atoms with Crippen molar-refractivity contribution in [2.24, 2.45) is 0 Å². The molecule has 0 heterocycles. The summed E-state index contributed by atoms with van der Waals surface area (Å²) >= 11 is 0. The number of halogens is 2. The maximum absolute atomic E-state index is 12.5. The maximum atomic E-state index is 12.5. The lowest BCUT2D eigenvalue weighted by molar-refractivity contribution is -0.938. The van der Waals surface area contributed by atoms with Crippen molar-refractivity contribution in [1.29, 1.82) is 0 Å². The Morgan fingerprint density at radius 3 is 1.18 bits per heavy atom. The molecule has 6 heteroatoms. The summed E-state index contributed by atoms with van der Waals surface area (Å²) in [6, 6.07) is 18.8. The highest BCUT2D eigenvalue weighted by atomic mass is 127. The maximum Gasteiger partial charge on any atom is 0.216 e. The summed E-state index contributed by atoms with van der Waals surface area (Å²) in [4.78, 5) is 24.9. The van der Waals surface area contributed by atoms with Crippen LogP contribution in [0.15, 0.2) is 60.7 Å². The van der Waals surface area contributed by atoms with Gasteiger partial charge in [0.05, 0.1) is 28.2 Å². The molecular weight excluding hydrogens is 578 g/mol. The summed E-state index contributed by atoms with van der Waals surface area (Å²) in [7, 11) is 8.28. The fourth-order valence-electron chi connectivity index (χ4n) is 2.91. The van der Waals surface area contributed by atoms with Crippen LogP contribution in [0.25, 0.3) is 0 Å². The molecule has 0 atom stereocenters. The molecule has 0 saturated heterocycles. The van der Waals surface area contributed by atoms with E-state index in [0.717, 1.165) is 24.2 Å². The van der Waals surface area contributed by atoms with Gasteiger partial charge in [0.2, 0.25) is 11.6 Å². The number of rotatable bonds is 9. The molecule has 2 rings (SSSR count). The standard InChI is InChI=1S/C22H30N2O2.2HI/c1-23(2,17-21(25)19-11-7-5-8-12-19)15-16-24(3,4)18-22(26)20-13-9-6-10-14-20;;/h5-14H,15-18H2,1-4H3;2*1H/q+2;;/p-2. The lowest BCUT2D eigenvalue weighted by Gasteiger charge is -2.35. The van der Waals surface area contributed by atoms with Crippen molar-refractivity contribution in [2.45, 2.75) is 0 Å². The Labute approximate surface area is 203 Å². The smallest absolute Gasteiger partial charge is 0.216 e. The van der Waals surface area contributed by atoms with Crippen LogP contribution in [0.5, 0.6) is 0 Å². The molecule has 0 saturated carbocycles. The number of quaternary nitrogens is 2. The first-order valence-corrected chi connectivity index (χ1v) is 8.99. The van der Waals surface area contributed by atoms with E-state index in [4.69, 9.17) is 0 Å². The quantitative estimate of drug-likeness (QED) is 0.172. The first-order chi connectivity index (χ1) is 12.2. The van der Waals surface area contributed by atoms with Crippen molar-refractivity contribution in [3.63, 3.8) is 0 Å². The molecule has 0 amide bonds. The first kappa shape index (κ1) is 27.2. The number of nitrogens with zero attached hydrogens (tertiary/aromatic N) is 2. The fraction of sp³-hybridized carbons (Fsp3) is 0.364. The predicted octanol–water partition coefficient (Wildman–Crippen LogP) is -3.09. The molecule has 0 aromatic heterocycles. The van der Waals surface area contributed by atoms with Crippen LogP contribution in [0.4, 0.5) is 0 Å². The van der Waals surface area contributed by atoms with E-state index in [1.165, 1.54) is 0 Å². The van der Waals surface area contributed by atoms with Gasteiger partial charge < -0.3 is 56.9 Å². The van der Waals surface area contributed by atoms with Gasteiger partial charge in [-0.1, -0.05) is 60.7 Å². The summed E-state index contributed by atoms with van der Waals surface area (Å²) in [5.74, 6) is 0.308. The molecular formula is C22H30I2N2O2. The SMILES string of the molecule is C[N+](C)(CC[N+](C)(C)CC(=O)c1ccccc1)CC(=O)c1ccccc1.[I-].[I-]. The molecule has 0 bridgehead atoms. The van der Waals surface area contributed by atoms with Gasteiger partial charge in [0, 0.05) is 11.1 Å². The van der Waals surface area contributed by atoms with Crippen molar-refractivity contribution in [3.8, 4) is 0 Å². The Morgan fingerprint density at radius 2 is 0.893 bits per heavy atom. The van der Waals surface area contributed by atoms with Gasteiger partial charge in [-0.25, -0.2) is 0 Å². The molecule has 0 N–H and O–H groups in total. The van der Waals surface area contributed by atoms with Gasteiger partial charge in [-0.2, -0.15) is 0 Å². The molecule has 0 aliphatic rings. The zero-order chi connectivity index (χ0) is 19.2. The highest BCUT2D eigenvalue weighted by molar-refractivity contribution is 5.97. The molecule has 2 aromatic carbocycles. The Kier molecular flexibility index (Phi) is 11.6. The number of carbonyl (C=O) groups excluding carboxylic acids is 2. The van der Waals surface area contributed by atoms with Gasteiger partial charge in [0.15, 0.2) is 0 Å². The zero-order valence-electron chi connectivity index (χ0n) is 17.1. The van der Waals surface area contributed by atoms with E-state index in [-0.39, 0.29) is 59.5 Å². The first-order valence-electron chi connectivity index (χ1n) is 8.99. The highest BCUT2D eigenvalue weighted by Gasteiger charge is 2.27. The number of carbonyl (C=O) groups is 2. The van der Waals surface area contributed by atoms with Crippen LogP contribution < -0.4 is 48.0 Å². The normalized spacial score (nSPS) is 11.1. The molecule has 28 heavy (non-hydrogen) atoms. The second-order valence-electron chi connectivity index (χ2n) is 8.21. The Bertz CT molecular complexity index is 682. The molecule has 0 radical (unpaired) electrons. The average molecular weight is 608 g/mol. The largest absolute Gasteiger partial charge is 1.00 e. The lowest BCUT2D eigenvalue weighted by Crippen LogP contribution is -3.00. The van der Waals surface area contributed by atoms with E-state index in [2.05, 4.69) is 28.2 Å². The molecule has 2 aromatic rings. The van der Waals surface area contributed by atoms with Crippen LogP contribution in [0.1, 0.15) is 20.7 Å². The number of Topliss-reactive ketones (excluding diaryl/α,β-unsaturated/α-hetero) is 2. The van der Waals surface area contributed by atoms with E-state index < -0.39 is 0 Å². The number of benzene rings is 2. The van der Waals surface area contributed by atoms with Gasteiger partial charge in [-0.05, 0) is 0 Å². The minimum Gasteiger partial charge on any atom is -1.00 e. The highest BCUT2D eigenvalue weighted by Crippen LogP contribution is 2.09. The van der Waals surface area contributed by atoms with Crippen molar-refractivity contribution in [2.75, 3.05) is 54.4 Å². The third kappa shape index (κ3) is 9.11. The van der Waals surface area contributed by atoms with E-state index in [1.807, 2.05) is 60.7 Å². The van der Waals surface area contributed by atoms with Crippen molar-refractivity contribution in [1.82, 2.24) is 0 Å². The summed E-state index contributed by atoms with van der Waals surface area (Å²) in [5.41, 5.74) is 1.51. The van der Waals surface area contributed by atoms with Gasteiger partial charge in [0.1, 0.15) is 26.2 Å². The third-order valence-corrected chi connectivity index (χ3v) is 4.65. The van der Waals surface area contributed by atoms with Crippen LogP contribution in [-0.4, -0.2) is 74.9 Å². The second kappa shape index (κ2) is 12.0. The van der Waals surface area contributed by atoms with E-state index >= 15 is 0 Å². The number of hydrogen-bond acceptors (Lipinski definition) is 2. The minimum absolute atomic E-state index is 0. The van der Waals surface area contributed by atoms with Crippen LogP contribution in [-0.2, 0) is 0 Å². The van der Waals surface area contributed by atoms with Crippen LogP contribution in [0.3, 0.4) is 0 Å². The van der Waals surface area contributed by atoms with Gasteiger partial charge in [-0.3, -0.25) is 9.59 Å². The van der Waals surface area contributed by atoms with Gasteiger partial charge in [-0.15, -0.1) is 0 Å². The number of ketones is 2. The second-order valence-corrected chi connectivity index (χ2v) is 8.21. The van der Waals surface area contributed by atoms with E-state index in [9.17, 15) is 9.59 Å². The zero-order valence-corrected chi connectivity index (χ0v) is 21.4. The summed E-state index contributed by atoms with van der Waals surface area (Å²) in [6.07, 6.45) is 0. The molecule has 154 valence electrons. The summed E-state index contributed by atoms with van der Waals surface area (Å²) < 4.78 is 1.21. The molecule has 0 fully saturated rings. The summed E-state index contributed by atoms with van der Waals surface area (Å²) in [5, 5.41) is 0. The minimum atomic E-state index is 0. The molecule has 0 spiro atoms. The number of hydrogen-bond donors (Lipinski definition) is 0. The van der Waals surface area contributed by atoms with Gasteiger partial charge >= 0.3 is 0 Å². The lowest BCUT2D eigenvalue weighted by atomic mass is 10.1.